The van der Waals surface area contributed by atoms with E-state index in [4.69, 9.17) is 20.8 Å². The number of para-hydroxylation sites is 1. The van der Waals surface area contributed by atoms with Gasteiger partial charge in [0.2, 0.25) is 5.43 Å². The molecule has 0 fully saturated rings. The van der Waals surface area contributed by atoms with Gasteiger partial charge in [-0.15, -0.1) is 0 Å². The molecule has 2 heterocycles. The maximum absolute atomic E-state index is 12.9. The highest BCUT2D eigenvalue weighted by Gasteiger charge is 2.27. The van der Waals surface area contributed by atoms with Crippen LogP contribution in [0.5, 0.6) is 5.75 Å². The van der Waals surface area contributed by atoms with Crippen LogP contribution in [-0.2, 0) is 0 Å². The van der Waals surface area contributed by atoms with Crippen LogP contribution in [0.15, 0.2) is 45.6 Å². The van der Waals surface area contributed by atoms with Crippen molar-refractivity contribution < 1.29 is 13.9 Å². The van der Waals surface area contributed by atoms with Gasteiger partial charge >= 0.3 is 0 Å². The van der Waals surface area contributed by atoms with Crippen molar-refractivity contribution in [2.75, 3.05) is 0 Å². The Morgan fingerprint density at radius 1 is 1.21 bits per heavy atom. The van der Waals surface area contributed by atoms with Gasteiger partial charge in [0.15, 0.2) is 0 Å². The van der Waals surface area contributed by atoms with Crippen LogP contribution in [-0.4, -0.2) is 10.8 Å². The average molecular weight is 341 g/mol. The van der Waals surface area contributed by atoms with E-state index in [1.54, 1.807) is 24.3 Å². The third-order valence-corrected chi connectivity index (χ3v) is 4.29. The number of benzene rings is 2. The van der Waals surface area contributed by atoms with Gasteiger partial charge < -0.3 is 9.15 Å². The highest BCUT2D eigenvalue weighted by Crippen LogP contribution is 2.38. The summed E-state index contributed by atoms with van der Waals surface area (Å²) in [5, 5.41) is -0.132. The van der Waals surface area contributed by atoms with E-state index in [9.17, 15) is 9.59 Å². The second kappa shape index (κ2) is 4.95. The molecule has 0 amide bonds. The molecule has 3 aromatic rings. The molecule has 0 aliphatic carbocycles. The van der Waals surface area contributed by atoms with Crippen LogP contribution in [0.1, 0.15) is 29.8 Å². The number of carbonyl (C=O) groups excluding carboxylic acids is 1. The van der Waals surface area contributed by atoms with E-state index in [2.05, 4.69) is 0 Å². The van der Waals surface area contributed by atoms with E-state index in [1.807, 2.05) is 26.0 Å². The molecule has 0 saturated heterocycles. The van der Waals surface area contributed by atoms with Crippen molar-refractivity contribution in [2.24, 2.45) is 0 Å². The lowest BCUT2D eigenvalue weighted by molar-refractivity contribution is 0.108. The molecule has 2 aromatic carbocycles. The fourth-order valence-corrected chi connectivity index (χ4v) is 3.12. The van der Waals surface area contributed by atoms with Crippen molar-refractivity contribution in [2.45, 2.75) is 19.4 Å². The number of fused-ring (bicyclic) bond motifs is 4. The Morgan fingerprint density at radius 2 is 1.96 bits per heavy atom. The number of halogens is 1. The van der Waals surface area contributed by atoms with Crippen LogP contribution in [0.25, 0.3) is 28.0 Å². The molecule has 0 spiro atoms. The first kappa shape index (κ1) is 15.0. The van der Waals surface area contributed by atoms with Crippen LogP contribution in [0.4, 0.5) is 0 Å². The summed E-state index contributed by atoms with van der Waals surface area (Å²) in [7, 11) is 0. The quantitative estimate of drug-likeness (QED) is 0.483. The lowest BCUT2D eigenvalue weighted by Crippen LogP contribution is -2.28. The molecular formula is C19H13ClO4. The second-order valence-electron chi connectivity index (χ2n) is 6.28. The topological polar surface area (TPSA) is 56.5 Å². The largest absolute Gasteiger partial charge is 0.483 e. The van der Waals surface area contributed by atoms with E-state index in [0.29, 0.717) is 27.9 Å². The lowest BCUT2D eigenvalue weighted by atomic mass is 9.97. The van der Waals surface area contributed by atoms with Gasteiger partial charge in [-0.2, -0.15) is 0 Å². The van der Waals surface area contributed by atoms with Crippen LogP contribution in [0.3, 0.4) is 0 Å². The molecule has 0 atom stereocenters. The number of ether oxygens (including phenoxy) is 1. The standard InChI is InChI=1S/C19H13ClO4/c1-19(2)8-7-11-14(24-19)9-12(18(20)22)15-16(21)10-5-3-4-6-13(10)23-17(11)15/h3-9H,1-2H3. The molecular weight excluding hydrogens is 328 g/mol. The fourth-order valence-electron chi connectivity index (χ4n) is 2.97. The van der Waals surface area contributed by atoms with Crippen molar-refractivity contribution in [1.29, 1.82) is 0 Å². The van der Waals surface area contributed by atoms with Gasteiger partial charge in [-0.05, 0) is 55.8 Å². The summed E-state index contributed by atoms with van der Waals surface area (Å²) in [5.74, 6) is 0.470. The molecule has 0 radical (unpaired) electrons. The van der Waals surface area contributed by atoms with Crippen molar-refractivity contribution in [3.8, 4) is 5.75 Å². The van der Waals surface area contributed by atoms with Crippen molar-refractivity contribution >= 4 is 44.9 Å². The zero-order valence-corrected chi connectivity index (χ0v) is 13.8. The number of hydrogen-bond acceptors (Lipinski definition) is 4. The predicted molar refractivity (Wildman–Crippen MR) is 93.9 cm³/mol. The third kappa shape index (κ3) is 2.14. The number of rotatable bonds is 1. The Kier molecular flexibility index (Phi) is 3.09. The van der Waals surface area contributed by atoms with E-state index < -0.39 is 10.8 Å². The second-order valence-corrected chi connectivity index (χ2v) is 6.62. The van der Waals surface area contributed by atoms with Crippen LogP contribution >= 0.6 is 11.6 Å². The summed E-state index contributed by atoms with van der Waals surface area (Å²) < 4.78 is 11.9. The van der Waals surface area contributed by atoms with Crippen molar-refractivity contribution in [1.82, 2.24) is 0 Å². The maximum Gasteiger partial charge on any atom is 0.253 e. The molecule has 120 valence electrons. The van der Waals surface area contributed by atoms with Gasteiger partial charge in [0.1, 0.15) is 22.5 Å². The SMILES string of the molecule is CC1(C)C=Cc2c(cc(C(=O)Cl)c3c(=O)c4ccccc4oc23)O1. The van der Waals surface area contributed by atoms with E-state index in [-0.39, 0.29) is 16.4 Å². The van der Waals surface area contributed by atoms with E-state index >= 15 is 0 Å². The van der Waals surface area contributed by atoms with E-state index in [1.165, 1.54) is 6.07 Å². The summed E-state index contributed by atoms with van der Waals surface area (Å²) in [5.41, 5.74) is 0.688. The normalized spacial score (nSPS) is 15.3. The summed E-state index contributed by atoms with van der Waals surface area (Å²) in [6, 6.07) is 8.43. The van der Waals surface area contributed by atoms with Crippen molar-refractivity contribution in [3.63, 3.8) is 0 Å². The first-order valence-electron chi connectivity index (χ1n) is 7.48. The predicted octanol–water partition coefficient (Wildman–Crippen LogP) is 4.51. The molecule has 4 nitrogen and oxygen atoms in total. The zero-order valence-electron chi connectivity index (χ0n) is 13.1. The van der Waals surface area contributed by atoms with Crippen LogP contribution in [0, 0.1) is 0 Å². The van der Waals surface area contributed by atoms with Gasteiger partial charge in [-0.25, -0.2) is 0 Å². The van der Waals surface area contributed by atoms with Crippen LogP contribution < -0.4 is 10.2 Å². The molecule has 4 rings (SSSR count). The number of carbonyl (C=O) groups is 1. The minimum atomic E-state index is -0.721. The first-order chi connectivity index (χ1) is 11.4. The Bertz CT molecular complexity index is 1110. The smallest absolute Gasteiger partial charge is 0.253 e. The average Bonchev–Trinajstić information content (AvgIpc) is 2.53. The summed E-state index contributed by atoms with van der Waals surface area (Å²) in [6.45, 7) is 3.80. The Hall–Kier alpha value is -2.59. The first-order valence-corrected chi connectivity index (χ1v) is 7.86. The molecule has 1 aliphatic rings. The monoisotopic (exact) mass is 340 g/mol. The third-order valence-electron chi connectivity index (χ3n) is 4.09. The number of hydrogen-bond donors (Lipinski definition) is 0. The molecule has 0 N–H and O–H groups in total. The van der Waals surface area contributed by atoms with Crippen molar-refractivity contribution in [3.05, 3.63) is 57.8 Å². The van der Waals surface area contributed by atoms with Gasteiger partial charge in [-0.3, -0.25) is 9.59 Å². The molecule has 1 aliphatic heterocycles. The molecule has 0 saturated carbocycles. The zero-order chi connectivity index (χ0) is 17.1. The highest BCUT2D eigenvalue weighted by molar-refractivity contribution is 6.68. The molecule has 24 heavy (non-hydrogen) atoms. The summed E-state index contributed by atoms with van der Waals surface area (Å²) >= 11 is 5.73. The lowest BCUT2D eigenvalue weighted by Gasteiger charge is -2.28. The minimum absolute atomic E-state index is 0.0935. The van der Waals surface area contributed by atoms with Crippen LogP contribution in [0.2, 0.25) is 0 Å². The van der Waals surface area contributed by atoms with Gasteiger partial charge in [0.05, 0.1) is 21.9 Å². The summed E-state index contributed by atoms with van der Waals surface area (Å²) in [4.78, 5) is 24.8. The van der Waals surface area contributed by atoms with Gasteiger partial charge in [0.25, 0.3) is 5.24 Å². The fraction of sp³-hybridized carbons (Fsp3) is 0.158. The molecule has 1 aromatic heterocycles. The van der Waals surface area contributed by atoms with Gasteiger partial charge in [-0.1, -0.05) is 12.1 Å². The molecule has 0 unspecified atom stereocenters. The van der Waals surface area contributed by atoms with E-state index in [0.717, 1.165) is 0 Å². The maximum atomic E-state index is 12.9. The Morgan fingerprint density at radius 3 is 2.71 bits per heavy atom. The van der Waals surface area contributed by atoms with Gasteiger partial charge in [0, 0.05) is 0 Å². The Balaban J connectivity index is 2.23. The molecule has 0 bridgehead atoms. The minimum Gasteiger partial charge on any atom is -0.483 e. The summed E-state index contributed by atoms with van der Waals surface area (Å²) in [6.07, 6.45) is 3.73. The molecule has 5 heteroatoms. The Labute approximate surface area is 142 Å². The highest BCUT2D eigenvalue weighted by atomic mass is 35.5.